The molecule has 0 aliphatic rings. The number of anilines is 1. The average molecular weight is 342 g/mol. The number of benzene rings is 2. The van der Waals surface area contributed by atoms with Crippen molar-refractivity contribution in [1.29, 1.82) is 0 Å². The lowest BCUT2D eigenvalue weighted by molar-refractivity contribution is 0.270. The summed E-state index contributed by atoms with van der Waals surface area (Å²) in [6, 6.07) is 20.4. The summed E-state index contributed by atoms with van der Waals surface area (Å²) in [7, 11) is 0. The van der Waals surface area contributed by atoms with Crippen LogP contribution in [0, 0.1) is 0 Å². The lowest BCUT2D eigenvalue weighted by Gasteiger charge is -2.07. The molecule has 1 N–H and O–H groups in total. The van der Waals surface area contributed by atoms with Crippen molar-refractivity contribution in [2.75, 3.05) is 5.32 Å². The molecule has 23 heavy (non-hydrogen) atoms. The molecule has 1 amide bonds. The topological polar surface area (TPSA) is 54.9 Å². The molecule has 0 spiro atoms. The maximum absolute atomic E-state index is 12.1. The van der Waals surface area contributed by atoms with E-state index in [1.165, 1.54) is 0 Å². The van der Waals surface area contributed by atoms with Crippen LogP contribution in [0.5, 0.6) is 0 Å². The molecule has 114 valence electrons. The molecular weight excluding hydrogens is 330 g/mol. The lowest BCUT2D eigenvalue weighted by Crippen LogP contribution is -2.04. The van der Waals surface area contributed by atoms with Crippen molar-refractivity contribution in [3.63, 3.8) is 0 Å². The Hall–Kier alpha value is -2.37. The van der Waals surface area contributed by atoms with Crippen molar-refractivity contribution in [1.82, 2.24) is 10.2 Å². The van der Waals surface area contributed by atoms with Gasteiger partial charge in [0.1, 0.15) is 0 Å². The minimum Gasteiger partial charge on any atom is -0.317 e. The highest BCUT2D eigenvalue weighted by Crippen LogP contribution is 2.24. The van der Waals surface area contributed by atoms with Gasteiger partial charge in [0.05, 0.1) is 5.69 Å². The van der Waals surface area contributed by atoms with Gasteiger partial charge in [-0.25, -0.2) is 0 Å². The molecular formula is C17H12ClN3OS. The molecule has 3 aromatic rings. The van der Waals surface area contributed by atoms with Crippen molar-refractivity contribution in [3.05, 3.63) is 71.9 Å². The number of halogens is 1. The van der Waals surface area contributed by atoms with Gasteiger partial charge in [0, 0.05) is 16.1 Å². The first-order valence-corrected chi connectivity index (χ1v) is 8.04. The Bertz CT molecular complexity index is 810. The first-order valence-electron chi connectivity index (χ1n) is 6.84. The minimum absolute atomic E-state index is 0.143. The zero-order chi connectivity index (χ0) is 16.1. The van der Waals surface area contributed by atoms with Gasteiger partial charge in [-0.2, -0.15) is 0 Å². The highest BCUT2D eigenvalue weighted by atomic mass is 35.5. The summed E-state index contributed by atoms with van der Waals surface area (Å²) in [6.07, 6.45) is 0. The van der Waals surface area contributed by atoms with Gasteiger partial charge in [-0.3, -0.25) is 4.79 Å². The molecule has 2 aromatic carbocycles. The molecule has 0 unspecified atom stereocenters. The molecule has 0 aliphatic carbocycles. The van der Waals surface area contributed by atoms with Crippen molar-refractivity contribution in [3.8, 4) is 11.3 Å². The molecule has 0 fully saturated rings. The zero-order valence-electron chi connectivity index (χ0n) is 11.9. The highest BCUT2D eigenvalue weighted by molar-refractivity contribution is 8.13. The van der Waals surface area contributed by atoms with Gasteiger partial charge >= 0.3 is 0 Å². The molecule has 0 aliphatic heterocycles. The highest BCUT2D eigenvalue weighted by Gasteiger charge is 2.07. The maximum Gasteiger partial charge on any atom is 0.288 e. The number of carbonyl (C=O) groups is 1. The monoisotopic (exact) mass is 341 g/mol. The van der Waals surface area contributed by atoms with Crippen LogP contribution in [0.2, 0.25) is 5.15 Å². The van der Waals surface area contributed by atoms with E-state index in [4.69, 9.17) is 11.6 Å². The van der Waals surface area contributed by atoms with E-state index in [2.05, 4.69) is 15.5 Å². The van der Waals surface area contributed by atoms with Gasteiger partial charge in [0.25, 0.3) is 5.24 Å². The smallest absolute Gasteiger partial charge is 0.288 e. The van der Waals surface area contributed by atoms with E-state index in [0.717, 1.165) is 22.2 Å². The molecule has 0 bridgehead atoms. The summed E-state index contributed by atoms with van der Waals surface area (Å²) >= 11 is 6.89. The van der Waals surface area contributed by atoms with Crippen LogP contribution in [-0.2, 0) is 0 Å². The maximum atomic E-state index is 12.1. The van der Waals surface area contributed by atoms with E-state index in [-0.39, 0.29) is 5.24 Å². The van der Waals surface area contributed by atoms with Crippen molar-refractivity contribution >= 4 is 34.3 Å². The molecule has 1 heterocycles. The molecule has 0 saturated heterocycles. The number of nitrogens with one attached hydrogen (secondary N) is 1. The fourth-order valence-corrected chi connectivity index (χ4v) is 2.74. The minimum atomic E-state index is -0.143. The number of hydrogen-bond acceptors (Lipinski definition) is 4. The van der Waals surface area contributed by atoms with Gasteiger partial charge < -0.3 is 5.32 Å². The second-order valence-electron chi connectivity index (χ2n) is 4.65. The Morgan fingerprint density at radius 2 is 1.78 bits per heavy atom. The van der Waals surface area contributed by atoms with Gasteiger partial charge in [-0.1, -0.05) is 41.9 Å². The number of rotatable bonds is 3. The SMILES string of the molecule is O=C(Nc1cccc(-c2ccc(Cl)nn2)c1)Sc1ccccc1. The van der Waals surface area contributed by atoms with Gasteiger partial charge in [-0.15, -0.1) is 10.2 Å². The van der Waals surface area contributed by atoms with Crippen LogP contribution in [0.15, 0.2) is 71.6 Å². The molecule has 0 atom stereocenters. The Balaban J connectivity index is 1.72. The summed E-state index contributed by atoms with van der Waals surface area (Å²) in [5.41, 5.74) is 2.26. The van der Waals surface area contributed by atoms with Crippen molar-refractivity contribution in [2.45, 2.75) is 4.90 Å². The number of amides is 1. The molecule has 4 nitrogen and oxygen atoms in total. The first-order chi connectivity index (χ1) is 11.2. The van der Waals surface area contributed by atoms with Gasteiger partial charge in [-0.05, 0) is 48.2 Å². The van der Waals surface area contributed by atoms with Crippen LogP contribution in [0.4, 0.5) is 10.5 Å². The van der Waals surface area contributed by atoms with Crippen molar-refractivity contribution < 1.29 is 4.79 Å². The molecule has 3 rings (SSSR count). The predicted molar refractivity (Wildman–Crippen MR) is 93.8 cm³/mol. The number of nitrogens with zero attached hydrogens (tertiary/aromatic N) is 2. The third-order valence-electron chi connectivity index (χ3n) is 2.99. The van der Waals surface area contributed by atoms with Gasteiger partial charge in [0.15, 0.2) is 5.15 Å². The summed E-state index contributed by atoms with van der Waals surface area (Å²) in [4.78, 5) is 13.0. The quantitative estimate of drug-likeness (QED) is 0.672. The van der Waals surface area contributed by atoms with E-state index >= 15 is 0 Å². The number of aromatic nitrogens is 2. The van der Waals surface area contributed by atoms with Crippen LogP contribution < -0.4 is 5.32 Å². The summed E-state index contributed by atoms with van der Waals surface area (Å²) < 4.78 is 0. The summed E-state index contributed by atoms with van der Waals surface area (Å²) in [6.45, 7) is 0. The largest absolute Gasteiger partial charge is 0.317 e. The van der Waals surface area contributed by atoms with E-state index in [0.29, 0.717) is 16.5 Å². The van der Waals surface area contributed by atoms with Crippen molar-refractivity contribution in [2.24, 2.45) is 0 Å². The van der Waals surface area contributed by atoms with E-state index < -0.39 is 0 Å². The van der Waals surface area contributed by atoms with Crippen LogP contribution in [0.3, 0.4) is 0 Å². The Morgan fingerprint density at radius 1 is 0.957 bits per heavy atom. The zero-order valence-corrected chi connectivity index (χ0v) is 13.5. The normalized spacial score (nSPS) is 10.3. The summed E-state index contributed by atoms with van der Waals surface area (Å²) in [5.74, 6) is 0. The Labute approximate surface area is 142 Å². The van der Waals surface area contributed by atoms with Crippen LogP contribution in [0.25, 0.3) is 11.3 Å². The number of carbonyl (C=O) groups excluding carboxylic acids is 1. The number of hydrogen-bond donors (Lipinski definition) is 1. The predicted octanol–water partition coefficient (Wildman–Crippen LogP) is 5.12. The second-order valence-corrected chi connectivity index (χ2v) is 6.08. The fraction of sp³-hybridized carbons (Fsp3) is 0. The van der Waals surface area contributed by atoms with Crippen LogP contribution in [0.1, 0.15) is 0 Å². The van der Waals surface area contributed by atoms with Gasteiger partial charge in [0.2, 0.25) is 0 Å². The molecule has 0 radical (unpaired) electrons. The molecule has 1 aromatic heterocycles. The van der Waals surface area contributed by atoms with Crippen LogP contribution >= 0.6 is 23.4 Å². The van der Waals surface area contributed by atoms with E-state index in [1.54, 1.807) is 12.1 Å². The second kappa shape index (κ2) is 7.26. The molecule has 0 saturated carbocycles. The third kappa shape index (κ3) is 4.31. The third-order valence-corrected chi connectivity index (χ3v) is 3.99. The first kappa shape index (κ1) is 15.5. The Morgan fingerprint density at radius 3 is 2.52 bits per heavy atom. The van der Waals surface area contributed by atoms with E-state index in [9.17, 15) is 4.79 Å². The molecule has 6 heteroatoms. The standard InChI is InChI=1S/C17H12ClN3OS/c18-16-10-9-15(20-21-16)12-5-4-6-13(11-12)19-17(22)23-14-7-2-1-3-8-14/h1-11H,(H,19,22). The van der Waals surface area contributed by atoms with Crippen LogP contribution in [-0.4, -0.2) is 15.4 Å². The van der Waals surface area contributed by atoms with E-state index in [1.807, 2.05) is 54.6 Å². The number of thioether (sulfide) groups is 1. The lowest BCUT2D eigenvalue weighted by atomic mass is 10.1. The Kier molecular flexibility index (Phi) is 4.90. The summed E-state index contributed by atoms with van der Waals surface area (Å²) in [5, 5.41) is 10.9. The fourth-order valence-electron chi connectivity index (χ4n) is 1.97. The average Bonchev–Trinajstić information content (AvgIpc) is 2.56.